The summed E-state index contributed by atoms with van der Waals surface area (Å²) >= 11 is 6.15. The summed E-state index contributed by atoms with van der Waals surface area (Å²) in [4.78, 5) is 28.4. The SMILES string of the molecule is CNC(=O)c1ccccc1NC(=O)COc1ccc(Cl)c2cccnc12. The fraction of sp³-hybridized carbons (Fsp3) is 0.105. The molecule has 0 atom stereocenters. The van der Waals surface area contributed by atoms with Crippen LogP contribution in [0.4, 0.5) is 5.69 Å². The molecule has 3 aromatic rings. The van der Waals surface area contributed by atoms with Gasteiger partial charge in [0.25, 0.3) is 11.8 Å². The average molecular weight is 370 g/mol. The number of hydrogen-bond donors (Lipinski definition) is 2. The number of nitrogens with zero attached hydrogens (tertiary/aromatic N) is 1. The second-order valence-electron chi connectivity index (χ2n) is 5.41. The summed E-state index contributed by atoms with van der Waals surface area (Å²) < 4.78 is 5.60. The van der Waals surface area contributed by atoms with Crippen molar-refractivity contribution in [2.45, 2.75) is 0 Å². The van der Waals surface area contributed by atoms with Crippen molar-refractivity contribution in [3.8, 4) is 5.75 Å². The molecule has 0 saturated heterocycles. The number of pyridine rings is 1. The van der Waals surface area contributed by atoms with E-state index in [9.17, 15) is 9.59 Å². The highest BCUT2D eigenvalue weighted by atomic mass is 35.5. The maximum absolute atomic E-state index is 12.2. The summed E-state index contributed by atoms with van der Waals surface area (Å²) in [6, 6.07) is 13.7. The lowest BCUT2D eigenvalue weighted by Gasteiger charge is -2.12. The van der Waals surface area contributed by atoms with Crippen LogP contribution in [0.5, 0.6) is 5.75 Å². The summed E-state index contributed by atoms with van der Waals surface area (Å²) in [5.41, 5.74) is 1.38. The third kappa shape index (κ3) is 3.75. The summed E-state index contributed by atoms with van der Waals surface area (Å²) in [6.07, 6.45) is 1.63. The molecule has 0 aliphatic heterocycles. The Morgan fingerprint density at radius 3 is 2.73 bits per heavy atom. The second kappa shape index (κ2) is 7.84. The van der Waals surface area contributed by atoms with E-state index in [1.165, 1.54) is 7.05 Å². The third-order valence-electron chi connectivity index (χ3n) is 3.71. The standard InChI is InChI=1S/C19H16ClN3O3/c1-21-19(25)13-5-2-3-7-15(13)23-17(24)11-26-16-9-8-14(20)12-6-4-10-22-18(12)16/h2-10H,11H2,1H3,(H,21,25)(H,23,24). The molecule has 0 bridgehead atoms. The van der Waals surface area contributed by atoms with Crippen molar-refractivity contribution in [2.75, 3.05) is 19.0 Å². The maximum Gasteiger partial charge on any atom is 0.262 e. The van der Waals surface area contributed by atoms with Crippen molar-refractivity contribution in [3.63, 3.8) is 0 Å². The lowest BCUT2D eigenvalue weighted by Crippen LogP contribution is -2.24. The van der Waals surface area contributed by atoms with Crippen LogP contribution >= 0.6 is 11.6 Å². The average Bonchev–Trinajstić information content (AvgIpc) is 2.67. The summed E-state index contributed by atoms with van der Waals surface area (Å²) in [6.45, 7) is -0.227. The van der Waals surface area contributed by atoms with E-state index in [-0.39, 0.29) is 18.4 Å². The van der Waals surface area contributed by atoms with Gasteiger partial charge in [0.15, 0.2) is 6.61 Å². The molecule has 26 heavy (non-hydrogen) atoms. The predicted octanol–water partition coefficient (Wildman–Crippen LogP) is 3.27. The number of para-hydroxylation sites is 1. The van der Waals surface area contributed by atoms with Crippen molar-refractivity contribution in [2.24, 2.45) is 0 Å². The Balaban J connectivity index is 1.73. The number of hydrogen-bond acceptors (Lipinski definition) is 4. The number of carbonyl (C=O) groups excluding carboxylic acids is 2. The van der Waals surface area contributed by atoms with Crippen LogP contribution in [0, 0.1) is 0 Å². The normalized spacial score (nSPS) is 10.4. The molecule has 7 heteroatoms. The lowest BCUT2D eigenvalue weighted by molar-refractivity contribution is -0.118. The fourth-order valence-corrected chi connectivity index (χ4v) is 2.70. The van der Waals surface area contributed by atoms with Gasteiger partial charge in [0.2, 0.25) is 0 Å². The van der Waals surface area contributed by atoms with Crippen molar-refractivity contribution in [1.29, 1.82) is 0 Å². The Bertz CT molecular complexity index is 975. The smallest absolute Gasteiger partial charge is 0.262 e. The monoisotopic (exact) mass is 369 g/mol. The molecule has 2 aromatic carbocycles. The summed E-state index contributed by atoms with van der Waals surface area (Å²) in [5.74, 6) is -0.213. The van der Waals surface area contributed by atoms with E-state index in [1.54, 1.807) is 48.7 Å². The van der Waals surface area contributed by atoms with Crippen molar-refractivity contribution in [1.82, 2.24) is 10.3 Å². The van der Waals surface area contributed by atoms with Crippen LogP contribution < -0.4 is 15.4 Å². The lowest BCUT2D eigenvalue weighted by atomic mass is 10.1. The minimum atomic E-state index is -0.389. The van der Waals surface area contributed by atoms with Gasteiger partial charge in [-0.15, -0.1) is 0 Å². The molecule has 132 valence electrons. The molecule has 1 heterocycles. The topological polar surface area (TPSA) is 80.3 Å². The largest absolute Gasteiger partial charge is 0.481 e. The van der Waals surface area contributed by atoms with Gasteiger partial charge in [0.05, 0.1) is 16.3 Å². The Morgan fingerprint density at radius 1 is 1.12 bits per heavy atom. The van der Waals surface area contributed by atoms with E-state index in [4.69, 9.17) is 16.3 Å². The first kappa shape index (κ1) is 17.7. The molecule has 1 aromatic heterocycles. The number of fused-ring (bicyclic) bond motifs is 1. The number of rotatable bonds is 5. The van der Waals surface area contributed by atoms with E-state index >= 15 is 0 Å². The van der Waals surface area contributed by atoms with Crippen molar-refractivity contribution >= 4 is 40.0 Å². The minimum Gasteiger partial charge on any atom is -0.481 e. The van der Waals surface area contributed by atoms with Gasteiger partial charge in [-0.1, -0.05) is 23.7 Å². The Kier molecular flexibility index (Phi) is 5.34. The summed E-state index contributed by atoms with van der Waals surface area (Å²) in [5, 5.41) is 6.53. The van der Waals surface area contributed by atoms with Crippen LogP contribution in [-0.4, -0.2) is 30.5 Å². The number of carbonyl (C=O) groups is 2. The molecule has 3 rings (SSSR count). The molecule has 0 unspecified atom stereocenters. The van der Waals surface area contributed by atoms with Gasteiger partial charge >= 0.3 is 0 Å². The molecule has 0 spiro atoms. The predicted molar refractivity (Wildman–Crippen MR) is 101 cm³/mol. The maximum atomic E-state index is 12.2. The van der Waals surface area contributed by atoms with Gasteiger partial charge in [-0.05, 0) is 36.4 Å². The van der Waals surface area contributed by atoms with Gasteiger partial charge in [-0.3, -0.25) is 14.6 Å². The highest BCUT2D eigenvalue weighted by Gasteiger charge is 2.13. The van der Waals surface area contributed by atoms with Crippen molar-refractivity contribution < 1.29 is 14.3 Å². The third-order valence-corrected chi connectivity index (χ3v) is 4.04. The highest BCUT2D eigenvalue weighted by Crippen LogP contribution is 2.29. The molecule has 0 fully saturated rings. The number of amides is 2. The number of anilines is 1. The van der Waals surface area contributed by atoms with E-state index < -0.39 is 0 Å². The number of halogens is 1. The first-order valence-electron chi connectivity index (χ1n) is 7.87. The first-order valence-corrected chi connectivity index (χ1v) is 8.25. The van der Waals surface area contributed by atoms with E-state index in [0.29, 0.717) is 27.5 Å². The molecule has 0 aliphatic carbocycles. The van der Waals surface area contributed by atoms with Gasteiger partial charge in [-0.25, -0.2) is 0 Å². The van der Waals surface area contributed by atoms with Crippen molar-refractivity contribution in [3.05, 3.63) is 65.3 Å². The van der Waals surface area contributed by atoms with Gasteiger partial charge in [0, 0.05) is 18.6 Å². The molecular weight excluding hydrogens is 354 g/mol. The number of nitrogens with one attached hydrogen (secondary N) is 2. The molecule has 2 N–H and O–H groups in total. The van der Waals surface area contributed by atoms with E-state index in [0.717, 1.165) is 5.39 Å². The zero-order chi connectivity index (χ0) is 18.5. The van der Waals surface area contributed by atoms with E-state index in [2.05, 4.69) is 15.6 Å². The van der Waals surface area contributed by atoms with Crippen LogP contribution in [0.2, 0.25) is 5.02 Å². The quantitative estimate of drug-likeness (QED) is 0.723. The zero-order valence-electron chi connectivity index (χ0n) is 14.0. The molecular formula is C19H16ClN3O3. The highest BCUT2D eigenvalue weighted by molar-refractivity contribution is 6.35. The van der Waals surface area contributed by atoms with Crippen LogP contribution in [0.3, 0.4) is 0 Å². The molecule has 2 amide bonds. The molecule has 0 aliphatic rings. The molecule has 0 radical (unpaired) electrons. The summed E-state index contributed by atoms with van der Waals surface area (Å²) in [7, 11) is 1.53. The van der Waals surface area contributed by atoms with Gasteiger partial charge < -0.3 is 15.4 Å². The molecule has 0 saturated carbocycles. The second-order valence-corrected chi connectivity index (χ2v) is 5.81. The fourth-order valence-electron chi connectivity index (χ4n) is 2.48. The number of ether oxygens (including phenoxy) is 1. The van der Waals surface area contributed by atoms with Crippen LogP contribution in [0.15, 0.2) is 54.7 Å². The Hall–Kier alpha value is -3.12. The van der Waals surface area contributed by atoms with Crippen LogP contribution in [0.1, 0.15) is 10.4 Å². The van der Waals surface area contributed by atoms with Gasteiger partial charge in [-0.2, -0.15) is 0 Å². The number of aromatic nitrogens is 1. The van der Waals surface area contributed by atoms with Crippen LogP contribution in [0.25, 0.3) is 10.9 Å². The van der Waals surface area contributed by atoms with Crippen LogP contribution in [-0.2, 0) is 4.79 Å². The zero-order valence-corrected chi connectivity index (χ0v) is 14.7. The minimum absolute atomic E-state index is 0.227. The Morgan fingerprint density at radius 2 is 1.92 bits per heavy atom. The number of benzene rings is 2. The first-order chi connectivity index (χ1) is 12.6. The molecule has 6 nitrogen and oxygen atoms in total. The van der Waals surface area contributed by atoms with Gasteiger partial charge in [0.1, 0.15) is 11.3 Å². The Labute approximate surface area is 155 Å². The van der Waals surface area contributed by atoms with E-state index in [1.807, 2.05) is 6.07 Å².